The normalized spacial score (nSPS) is 10.5. The second-order valence-corrected chi connectivity index (χ2v) is 8.97. The Bertz CT molecular complexity index is 1800. The van der Waals surface area contributed by atoms with Gasteiger partial charge in [-0.15, -0.1) is 5.10 Å². The maximum Gasteiger partial charge on any atom is 0.162 e. The first kappa shape index (κ1) is 27.1. The summed E-state index contributed by atoms with van der Waals surface area (Å²) < 4.78 is 22.6. The number of nitrogens with zero attached hydrogens (tertiary/aromatic N) is 3. The van der Waals surface area contributed by atoms with Gasteiger partial charge in [-0.2, -0.15) is 0 Å². The lowest BCUT2D eigenvalue weighted by Gasteiger charge is -2.11. The highest BCUT2D eigenvalue weighted by Gasteiger charge is 2.12. The number of methoxy groups -OCH3 is 4. The number of nitrogens with one attached hydrogen (secondary N) is 1. The van der Waals surface area contributed by atoms with Crippen molar-refractivity contribution in [1.82, 2.24) is 14.6 Å². The molecule has 0 saturated heterocycles. The second-order valence-electron chi connectivity index (χ2n) is 8.97. The van der Waals surface area contributed by atoms with Crippen molar-refractivity contribution >= 4 is 33.6 Å². The highest BCUT2D eigenvalue weighted by Crippen LogP contribution is 2.32. The van der Waals surface area contributed by atoms with Crippen molar-refractivity contribution in [3.05, 3.63) is 97.2 Å². The van der Waals surface area contributed by atoms with Crippen molar-refractivity contribution in [2.75, 3.05) is 39.5 Å². The molecule has 3 N–H and O–H groups in total. The van der Waals surface area contributed by atoms with Crippen LogP contribution in [-0.2, 0) is 0 Å². The zero-order valence-corrected chi connectivity index (χ0v) is 23.3. The Hall–Kier alpha value is -5.44. The number of ether oxygens (including phenoxy) is 4. The first-order valence-corrected chi connectivity index (χ1v) is 12.8. The average Bonchev–Trinajstić information content (AvgIpc) is 3.44. The highest BCUT2D eigenvalue weighted by atomic mass is 16.5. The summed E-state index contributed by atoms with van der Waals surface area (Å²) in [5.74, 6) is 3.39. The Kier molecular flexibility index (Phi) is 8.05. The highest BCUT2D eigenvalue weighted by molar-refractivity contribution is 5.96. The molecule has 0 aliphatic rings. The number of imidazole rings is 1. The Balaban J connectivity index is 0.000000259. The number of nitrogen functional groups attached to an aromatic ring is 1. The lowest BCUT2D eigenvalue weighted by atomic mass is 10.0. The molecule has 9 heteroatoms. The first-order chi connectivity index (χ1) is 20.0. The number of fused-ring (bicyclic) bond motifs is 2. The third kappa shape index (κ3) is 5.79. The minimum atomic E-state index is 0.655. The molecule has 0 aliphatic carbocycles. The van der Waals surface area contributed by atoms with Gasteiger partial charge in [0.15, 0.2) is 34.5 Å². The van der Waals surface area contributed by atoms with Gasteiger partial charge in [0, 0.05) is 29.1 Å². The summed E-state index contributed by atoms with van der Waals surface area (Å²) in [6, 6.07) is 29.4. The Labute approximate surface area is 238 Å². The molecule has 0 fully saturated rings. The zero-order valence-electron chi connectivity index (χ0n) is 23.3. The molecule has 0 saturated carbocycles. The fourth-order valence-electron chi connectivity index (χ4n) is 4.49. The van der Waals surface area contributed by atoms with E-state index in [1.807, 2.05) is 53.2 Å². The van der Waals surface area contributed by atoms with Gasteiger partial charge in [-0.1, -0.05) is 42.5 Å². The van der Waals surface area contributed by atoms with E-state index in [0.717, 1.165) is 22.6 Å². The summed E-state index contributed by atoms with van der Waals surface area (Å²) >= 11 is 0. The summed E-state index contributed by atoms with van der Waals surface area (Å²) in [4.78, 5) is 4.54. The van der Waals surface area contributed by atoms with Gasteiger partial charge in [-0.3, -0.25) is 0 Å². The Morgan fingerprint density at radius 1 is 0.683 bits per heavy atom. The van der Waals surface area contributed by atoms with Gasteiger partial charge in [0.25, 0.3) is 0 Å². The van der Waals surface area contributed by atoms with E-state index in [4.69, 9.17) is 29.8 Å². The third-order valence-electron chi connectivity index (χ3n) is 6.49. The van der Waals surface area contributed by atoms with Gasteiger partial charge >= 0.3 is 0 Å². The van der Waals surface area contributed by atoms with E-state index in [0.29, 0.717) is 34.5 Å². The van der Waals surface area contributed by atoms with Crippen molar-refractivity contribution < 1.29 is 18.9 Å². The van der Waals surface area contributed by atoms with Crippen LogP contribution in [0, 0.1) is 0 Å². The predicted molar refractivity (Wildman–Crippen MR) is 163 cm³/mol. The number of benzene rings is 4. The van der Waals surface area contributed by atoms with Gasteiger partial charge in [-0.25, -0.2) is 9.50 Å². The zero-order chi connectivity index (χ0) is 28.8. The van der Waals surface area contributed by atoms with Gasteiger partial charge in [-0.05, 0) is 47.2 Å². The van der Waals surface area contributed by atoms with Gasteiger partial charge in [0.05, 0.1) is 40.3 Å². The summed E-state index contributed by atoms with van der Waals surface area (Å²) in [6.07, 6.45) is 1.87. The smallest absolute Gasteiger partial charge is 0.162 e. The number of hydrogen-bond acceptors (Lipinski definition) is 8. The molecule has 208 valence electrons. The monoisotopic (exact) mass is 549 g/mol. The van der Waals surface area contributed by atoms with E-state index in [2.05, 4.69) is 40.6 Å². The van der Waals surface area contributed by atoms with Crippen LogP contribution >= 0.6 is 0 Å². The van der Waals surface area contributed by atoms with E-state index in [-0.39, 0.29) is 0 Å². The van der Waals surface area contributed by atoms with Crippen LogP contribution in [0.2, 0.25) is 0 Å². The summed E-state index contributed by atoms with van der Waals surface area (Å²) in [5.41, 5.74) is 9.87. The molecule has 0 atom stereocenters. The maximum atomic E-state index is 5.52. The molecule has 0 amide bonds. The van der Waals surface area contributed by atoms with Gasteiger partial charge in [0.2, 0.25) is 0 Å². The van der Waals surface area contributed by atoms with Crippen molar-refractivity contribution in [2.45, 2.75) is 0 Å². The number of aromatic nitrogens is 3. The van der Waals surface area contributed by atoms with Crippen molar-refractivity contribution in [3.63, 3.8) is 0 Å². The van der Waals surface area contributed by atoms with Crippen LogP contribution in [0.3, 0.4) is 0 Å². The summed E-state index contributed by atoms with van der Waals surface area (Å²) in [5, 5.41) is 10.5. The number of rotatable bonds is 7. The third-order valence-corrected chi connectivity index (χ3v) is 6.49. The molecule has 2 heterocycles. The standard InChI is InChI=1S/C24H20N4O2.C8H11NO2/c1-29-21-11-10-17(14-22(21)30-2)26-23-12-13-24-25-15-20(28(24)27-23)19-9-5-7-16-6-3-4-8-18(16)19;1-10-7-4-3-6(9)5-8(7)11-2/h3-15H,1-2H3,(H,26,27);3-5H,9H2,1-2H3. The van der Waals surface area contributed by atoms with Crippen LogP contribution in [0.25, 0.3) is 27.7 Å². The summed E-state index contributed by atoms with van der Waals surface area (Å²) in [7, 11) is 6.41. The van der Waals surface area contributed by atoms with E-state index < -0.39 is 0 Å². The molecule has 0 aliphatic heterocycles. The number of hydrogen-bond donors (Lipinski definition) is 2. The van der Waals surface area contributed by atoms with Gasteiger partial charge in [0.1, 0.15) is 0 Å². The van der Waals surface area contributed by atoms with Crippen molar-refractivity contribution in [1.29, 1.82) is 0 Å². The molecular formula is C32H31N5O4. The van der Waals surface area contributed by atoms with Crippen LogP contribution < -0.4 is 30.0 Å². The second kappa shape index (κ2) is 12.2. The fraction of sp³-hybridized carbons (Fsp3) is 0.125. The topological polar surface area (TPSA) is 105 Å². The molecule has 9 nitrogen and oxygen atoms in total. The molecule has 41 heavy (non-hydrogen) atoms. The molecule has 0 spiro atoms. The lowest BCUT2D eigenvalue weighted by molar-refractivity contribution is 0.355. The van der Waals surface area contributed by atoms with Crippen LogP contribution in [0.5, 0.6) is 23.0 Å². The van der Waals surface area contributed by atoms with Crippen molar-refractivity contribution in [3.8, 4) is 34.3 Å². The van der Waals surface area contributed by atoms with Crippen LogP contribution in [0.15, 0.2) is 97.2 Å². The molecule has 0 radical (unpaired) electrons. The lowest BCUT2D eigenvalue weighted by Crippen LogP contribution is -2.01. The average molecular weight is 550 g/mol. The molecule has 6 aromatic rings. The van der Waals surface area contributed by atoms with E-state index in [9.17, 15) is 0 Å². The number of anilines is 3. The van der Waals surface area contributed by atoms with Crippen LogP contribution in [-0.4, -0.2) is 43.0 Å². The Morgan fingerprint density at radius 2 is 1.37 bits per heavy atom. The van der Waals surface area contributed by atoms with E-state index in [1.54, 1.807) is 46.6 Å². The molecule has 0 unspecified atom stereocenters. The molecular weight excluding hydrogens is 518 g/mol. The minimum absolute atomic E-state index is 0.655. The SMILES string of the molecule is COc1ccc(N)cc1OC.COc1ccc(Nc2ccc3ncc(-c4cccc5ccccc45)n3n2)cc1OC. The van der Waals surface area contributed by atoms with Crippen molar-refractivity contribution in [2.24, 2.45) is 0 Å². The van der Waals surface area contributed by atoms with Crippen LogP contribution in [0.1, 0.15) is 0 Å². The quantitative estimate of drug-likeness (QED) is 0.215. The Morgan fingerprint density at radius 3 is 2.12 bits per heavy atom. The first-order valence-electron chi connectivity index (χ1n) is 12.8. The maximum absolute atomic E-state index is 5.52. The minimum Gasteiger partial charge on any atom is -0.493 e. The molecule has 2 aromatic heterocycles. The molecule has 4 aromatic carbocycles. The molecule has 0 bridgehead atoms. The number of nitrogens with two attached hydrogens (primary N) is 1. The fourth-order valence-corrected chi connectivity index (χ4v) is 4.49. The molecule has 6 rings (SSSR count). The van der Waals surface area contributed by atoms with Crippen LogP contribution in [0.4, 0.5) is 17.2 Å². The predicted octanol–water partition coefficient (Wildman–Crippen LogP) is 6.60. The summed E-state index contributed by atoms with van der Waals surface area (Å²) in [6.45, 7) is 0. The van der Waals surface area contributed by atoms with Gasteiger partial charge < -0.3 is 30.0 Å². The largest absolute Gasteiger partial charge is 0.493 e. The van der Waals surface area contributed by atoms with E-state index >= 15 is 0 Å². The van der Waals surface area contributed by atoms with E-state index in [1.165, 1.54) is 10.8 Å².